The molecule has 1 aromatic rings. The summed E-state index contributed by atoms with van der Waals surface area (Å²) in [6.07, 6.45) is 3.48. The summed E-state index contributed by atoms with van der Waals surface area (Å²) in [6.45, 7) is 1.62. The van der Waals surface area contributed by atoms with E-state index >= 15 is 0 Å². The van der Waals surface area contributed by atoms with Gasteiger partial charge in [-0.2, -0.15) is 0 Å². The van der Waals surface area contributed by atoms with Gasteiger partial charge in [-0.25, -0.2) is 18.4 Å². The summed E-state index contributed by atoms with van der Waals surface area (Å²) < 4.78 is 23.8. The minimum Gasteiger partial charge on any atom is -0.316 e. The summed E-state index contributed by atoms with van der Waals surface area (Å²) in [6, 6.07) is 0. The molecule has 16 heavy (non-hydrogen) atoms. The van der Waals surface area contributed by atoms with E-state index < -0.39 is 9.84 Å². The monoisotopic (exact) mass is 261 g/mol. The third kappa shape index (κ3) is 2.69. The number of hydrogen-bond donors (Lipinski definition) is 1. The first-order valence-electron chi connectivity index (χ1n) is 4.99. The van der Waals surface area contributed by atoms with Crippen molar-refractivity contribution in [3.8, 4) is 0 Å². The van der Waals surface area contributed by atoms with Crippen molar-refractivity contribution < 1.29 is 8.42 Å². The summed E-state index contributed by atoms with van der Waals surface area (Å²) >= 11 is 5.60. The molecule has 0 saturated carbocycles. The van der Waals surface area contributed by atoms with Crippen LogP contribution in [-0.4, -0.2) is 37.2 Å². The second-order valence-electron chi connectivity index (χ2n) is 3.82. The lowest BCUT2D eigenvalue weighted by Gasteiger charge is -2.07. The Labute approximate surface area is 99.2 Å². The van der Waals surface area contributed by atoms with E-state index in [2.05, 4.69) is 15.3 Å². The van der Waals surface area contributed by atoms with Crippen LogP contribution in [0, 0.1) is 5.92 Å². The molecule has 1 aliphatic heterocycles. The molecular weight excluding hydrogens is 250 g/mol. The fourth-order valence-electron chi connectivity index (χ4n) is 1.70. The third-order valence-corrected chi connectivity index (χ3v) is 4.36. The minimum absolute atomic E-state index is 0.0988. The first-order valence-corrected chi connectivity index (χ1v) is 7.02. The number of sulfone groups is 1. The number of rotatable bonds is 3. The van der Waals surface area contributed by atoms with Crippen molar-refractivity contribution in [3.05, 3.63) is 17.4 Å². The molecule has 1 aromatic heterocycles. The van der Waals surface area contributed by atoms with E-state index in [-0.39, 0.29) is 16.8 Å². The van der Waals surface area contributed by atoms with Gasteiger partial charge in [0.1, 0.15) is 0 Å². The van der Waals surface area contributed by atoms with E-state index in [0.717, 1.165) is 19.5 Å². The molecule has 1 saturated heterocycles. The average molecular weight is 262 g/mol. The number of nitrogens with one attached hydrogen (secondary N) is 1. The maximum absolute atomic E-state index is 11.9. The van der Waals surface area contributed by atoms with Gasteiger partial charge in [0.2, 0.25) is 15.0 Å². The highest BCUT2D eigenvalue weighted by molar-refractivity contribution is 7.91. The van der Waals surface area contributed by atoms with Crippen LogP contribution in [0.2, 0.25) is 5.02 Å². The van der Waals surface area contributed by atoms with Crippen LogP contribution in [0.3, 0.4) is 0 Å². The highest BCUT2D eigenvalue weighted by Gasteiger charge is 2.25. The molecule has 0 amide bonds. The molecule has 0 spiro atoms. The van der Waals surface area contributed by atoms with E-state index in [4.69, 9.17) is 11.6 Å². The Kier molecular flexibility index (Phi) is 3.41. The van der Waals surface area contributed by atoms with Crippen LogP contribution in [-0.2, 0) is 9.84 Å². The Bertz CT molecular complexity index is 454. The molecule has 0 aromatic carbocycles. The second kappa shape index (κ2) is 4.65. The van der Waals surface area contributed by atoms with Crippen LogP contribution < -0.4 is 5.32 Å². The van der Waals surface area contributed by atoms with E-state index in [1.54, 1.807) is 0 Å². The summed E-state index contributed by atoms with van der Waals surface area (Å²) in [5.74, 6) is 0.256. The van der Waals surface area contributed by atoms with Gasteiger partial charge in [-0.1, -0.05) is 11.6 Å². The predicted octanol–water partition coefficient (Wildman–Crippen LogP) is 0.513. The lowest BCUT2D eigenvalue weighted by atomic mass is 10.2. The van der Waals surface area contributed by atoms with Gasteiger partial charge in [-0.15, -0.1) is 0 Å². The predicted molar refractivity (Wildman–Crippen MR) is 60.1 cm³/mol. The molecule has 5 nitrogen and oxygen atoms in total. The first kappa shape index (κ1) is 11.8. The van der Waals surface area contributed by atoms with Crippen molar-refractivity contribution in [2.75, 3.05) is 18.8 Å². The third-order valence-electron chi connectivity index (χ3n) is 2.49. The quantitative estimate of drug-likeness (QED) is 0.803. The van der Waals surface area contributed by atoms with Gasteiger partial charge in [0, 0.05) is 0 Å². The Balaban J connectivity index is 2.14. The highest BCUT2D eigenvalue weighted by atomic mass is 35.5. The van der Waals surface area contributed by atoms with Gasteiger partial charge in [0.25, 0.3) is 0 Å². The number of nitrogens with zero attached hydrogens (tertiary/aromatic N) is 2. The van der Waals surface area contributed by atoms with Crippen LogP contribution in [0.25, 0.3) is 0 Å². The first-order chi connectivity index (χ1) is 7.58. The van der Waals surface area contributed by atoms with Gasteiger partial charge < -0.3 is 5.32 Å². The van der Waals surface area contributed by atoms with Gasteiger partial charge in [0.15, 0.2) is 0 Å². The molecule has 1 fully saturated rings. The van der Waals surface area contributed by atoms with Crippen molar-refractivity contribution in [3.63, 3.8) is 0 Å². The summed E-state index contributed by atoms with van der Waals surface area (Å²) in [5, 5.41) is 3.33. The zero-order valence-electron chi connectivity index (χ0n) is 8.56. The molecule has 1 atom stereocenters. The van der Waals surface area contributed by atoms with Crippen LogP contribution >= 0.6 is 11.6 Å². The molecule has 2 rings (SSSR count). The van der Waals surface area contributed by atoms with Gasteiger partial charge in [-0.05, 0) is 25.4 Å². The van der Waals surface area contributed by atoms with Crippen molar-refractivity contribution >= 4 is 21.4 Å². The van der Waals surface area contributed by atoms with Gasteiger partial charge >= 0.3 is 0 Å². The fraction of sp³-hybridized carbons (Fsp3) is 0.556. The van der Waals surface area contributed by atoms with Crippen LogP contribution in [0.1, 0.15) is 6.42 Å². The minimum atomic E-state index is -3.38. The summed E-state index contributed by atoms with van der Waals surface area (Å²) in [7, 11) is -3.38. The molecule has 0 radical (unpaired) electrons. The zero-order chi connectivity index (χ0) is 11.6. The lowest BCUT2D eigenvalue weighted by molar-refractivity contribution is 0.562. The molecule has 1 unspecified atom stereocenters. The SMILES string of the molecule is O=S(=O)(CC1CCNC1)c1ncc(Cl)cn1. The van der Waals surface area contributed by atoms with Crippen molar-refractivity contribution in [2.45, 2.75) is 11.6 Å². The van der Waals surface area contributed by atoms with E-state index in [1.807, 2.05) is 0 Å². The zero-order valence-corrected chi connectivity index (χ0v) is 10.1. The topological polar surface area (TPSA) is 72.0 Å². The van der Waals surface area contributed by atoms with Gasteiger partial charge in [-0.3, -0.25) is 0 Å². The normalized spacial score (nSPS) is 21.2. The number of aromatic nitrogens is 2. The molecule has 0 bridgehead atoms. The summed E-state index contributed by atoms with van der Waals surface area (Å²) in [5.41, 5.74) is 0. The fourth-order valence-corrected chi connectivity index (χ4v) is 3.28. The molecule has 88 valence electrons. The smallest absolute Gasteiger partial charge is 0.247 e. The van der Waals surface area contributed by atoms with E-state index in [9.17, 15) is 8.42 Å². The van der Waals surface area contributed by atoms with E-state index in [1.165, 1.54) is 12.4 Å². The van der Waals surface area contributed by atoms with Crippen LogP contribution in [0.4, 0.5) is 0 Å². The number of hydrogen-bond acceptors (Lipinski definition) is 5. The largest absolute Gasteiger partial charge is 0.316 e. The maximum Gasteiger partial charge on any atom is 0.247 e. The Morgan fingerprint density at radius 1 is 1.44 bits per heavy atom. The lowest BCUT2D eigenvalue weighted by Crippen LogP contribution is -2.20. The molecule has 0 aliphatic carbocycles. The highest BCUT2D eigenvalue weighted by Crippen LogP contribution is 2.15. The molecule has 1 aliphatic rings. The van der Waals surface area contributed by atoms with Crippen LogP contribution in [0.15, 0.2) is 17.6 Å². The maximum atomic E-state index is 11.9. The molecule has 7 heteroatoms. The van der Waals surface area contributed by atoms with E-state index in [0.29, 0.717) is 5.02 Å². The standard InChI is InChI=1S/C9H12ClN3O2S/c10-8-4-12-9(13-5-8)16(14,15)6-7-1-2-11-3-7/h4-5,7,11H,1-3,6H2. The molecular formula is C9H12ClN3O2S. The second-order valence-corrected chi connectivity index (χ2v) is 6.19. The Hall–Kier alpha value is -0.720. The molecule has 1 N–H and O–H groups in total. The van der Waals surface area contributed by atoms with Crippen LogP contribution in [0.5, 0.6) is 0 Å². The number of halogens is 1. The van der Waals surface area contributed by atoms with Gasteiger partial charge in [0.05, 0.1) is 23.2 Å². The Morgan fingerprint density at radius 3 is 2.69 bits per heavy atom. The Morgan fingerprint density at radius 2 is 2.12 bits per heavy atom. The molecule has 2 heterocycles. The average Bonchev–Trinajstić information content (AvgIpc) is 2.70. The summed E-state index contributed by atoms with van der Waals surface area (Å²) in [4.78, 5) is 7.48. The van der Waals surface area contributed by atoms with Crippen molar-refractivity contribution in [2.24, 2.45) is 5.92 Å². The van der Waals surface area contributed by atoms with Crippen molar-refractivity contribution in [1.29, 1.82) is 0 Å². The van der Waals surface area contributed by atoms with Crippen molar-refractivity contribution in [1.82, 2.24) is 15.3 Å².